The highest BCUT2D eigenvalue weighted by Crippen LogP contribution is 2.23. The predicted octanol–water partition coefficient (Wildman–Crippen LogP) is 2.02. The van der Waals surface area contributed by atoms with Crippen molar-refractivity contribution in [1.82, 2.24) is 4.90 Å². The Hall–Kier alpha value is -3.48. The number of carbonyl (C=O) groups excluding carboxylic acids is 4. The van der Waals surface area contributed by atoms with Crippen LogP contribution in [-0.4, -0.2) is 42.2 Å². The van der Waals surface area contributed by atoms with Gasteiger partial charge in [-0.15, -0.1) is 0 Å². The summed E-state index contributed by atoms with van der Waals surface area (Å²) < 4.78 is 4.70. The molecule has 3 rings (SSSR count). The molecule has 1 heterocycles. The Labute approximate surface area is 149 Å². The zero-order valence-corrected chi connectivity index (χ0v) is 14.2. The number of anilines is 1. The molecule has 2 aromatic rings. The van der Waals surface area contributed by atoms with Gasteiger partial charge in [-0.3, -0.25) is 19.3 Å². The summed E-state index contributed by atoms with van der Waals surface area (Å²) in [5, 5.41) is 2.63. The molecule has 0 bridgehead atoms. The molecule has 2 aromatic carbocycles. The van der Waals surface area contributed by atoms with E-state index in [0.29, 0.717) is 16.8 Å². The Balaban J connectivity index is 1.76. The number of rotatable bonds is 4. The summed E-state index contributed by atoms with van der Waals surface area (Å²) in [5.74, 6) is -2.05. The second-order valence-corrected chi connectivity index (χ2v) is 5.76. The van der Waals surface area contributed by atoms with Crippen molar-refractivity contribution in [3.63, 3.8) is 0 Å². The molecule has 1 aliphatic rings. The molecule has 132 valence electrons. The zero-order chi connectivity index (χ0) is 18.8. The summed E-state index contributed by atoms with van der Waals surface area (Å²) in [6.45, 7) is 1.26. The van der Waals surface area contributed by atoms with Crippen LogP contribution < -0.4 is 5.32 Å². The van der Waals surface area contributed by atoms with Crippen molar-refractivity contribution in [2.75, 3.05) is 19.0 Å². The monoisotopic (exact) mass is 352 g/mol. The van der Waals surface area contributed by atoms with Gasteiger partial charge in [0, 0.05) is 5.69 Å². The number of fused-ring (bicyclic) bond motifs is 1. The number of ether oxygens (including phenoxy) is 1. The van der Waals surface area contributed by atoms with Crippen LogP contribution in [0.4, 0.5) is 5.69 Å². The minimum Gasteiger partial charge on any atom is -0.465 e. The molecule has 0 unspecified atom stereocenters. The van der Waals surface area contributed by atoms with Crippen molar-refractivity contribution in [3.8, 4) is 0 Å². The van der Waals surface area contributed by atoms with E-state index in [2.05, 4.69) is 5.32 Å². The Bertz CT molecular complexity index is 900. The zero-order valence-electron chi connectivity index (χ0n) is 14.2. The fraction of sp³-hybridized carbons (Fsp3) is 0.158. The van der Waals surface area contributed by atoms with Crippen molar-refractivity contribution in [3.05, 3.63) is 64.7 Å². The third kappa shape index (κ3) is 2.95. The quantitative estimate of drug-likeness (QED) is 0.671. The number of carbonyl (C=O) groups is 4. The average molecular weight is 352 g/mol. The van der Waals surface area contributed by atoms with Gasteiger partial charge in [-0.05, 0) is 36.8 Å². The molecule has 3 amide bonds. The molecule has 0 spiro atoms. The maximum Gasteiger partial charge on any atom is 0.338 e. The van der Waals surface area contributed by atoms with Crippen LogP contribution in [0.3, 0.4) is 0 Å². The van der Waals surface area contributed by atoms with Gasteiger partial charge in [0.1, 0.15) is 6.54 Å². The van der Waals surface area contributed by atoms with E-state index in [0.717, 1.165) is 4.90 Å². The smallest absolute Gasteiger partial charge is 0.338 e. The largest absolute Gasteiger partial charge is 0.465 e. The Kier molecular flexibility index (Phi) is 4.53. The lowest BCUT2D eigenvalue weighted by molar-refractivity contribution is -0.116. The first kappa shape index (κ1) is 17.3. The molecule has 7 heteroatoms. The van der Waals surface area contributed by atoms with Crippen LogP contribution in [0.2, 0.25) is 0 Å². The summed E-state index contributed by atoms with van der Waals surface area (Å²) in [6.07, 6.45) is 0. The molecule has 1 N–H and O–H groups in total. The molecule has 0 saturated heterocycles. The van der Waals surface area contributed by atoms with Gasteiger partial charge in [0.05, 0.1) is 23.8 Å². The molecule has 0 aromatic heterocycles. The lowest BCUT2D eigenvalue weighted by atomic mass is 10.1. The molecule has 0 saturated carbocycles. The standard InChI is InChI=1S/C19H16N2O5/c1-11-12(19(25)26-2)8-5-9-15(11)20-16(22)10-21-17(23)13-6-3-4-7-14(13)18(21)24/h3-9H,10H2,1-2H3,(H,20,22). The van der Waals surface area contributed by atoms with E-state index in [1.165, 1.54) is 7.11 Å². The highest BCUT2D eigenvalue weighted by Gasteiger charge is 2.36. The number of hydrogen-bond acceptors (Lipinski definition) is 5. The highest BCUT2D eigenvalue weighted by molar-refractivity contribution is 6.22. The van der Waals surface area contributed by atoms with Gasteiger partial charge in [0.2, 0.25) is 5.91 Å². The van der Waals surface area contributed by atoms with Gasteiger partial charge in [-0.25, -0.2) is 4.79 Å². The predicted molar refractivity (Wildman–Crippen MR) is 93.0 cm³/mol. The van der Waals surface area contributed by atoms with Gasteiger partial charge in [-0.1, -0.05) is 18.2 Å². The van der Waals surface area contributed by atoms with Gasteiger partial charge >= 0.3 is 5.97 Å². The molecule has 0 radical (unpaired) electrons. The lowest BCUT2D eigenvalue weighted by Gasteiger charge is -2.15. The lowest BCUT2D eigenvalue weighted by Crippen LogP contribution is -2.37. The van der Waals surface area contributed by atoms with Gasteiger partial charge < -0.3 is 10.1 Å². The van der Waals surface area contributed by atoms with E-state index in [-0.39, 0.29) is 11.1 Å². The van der Waals surface area contributed by atoms with Crippen LogP contribution in [0.1, 0.15) is 36.6 Å². The van der Waals surface area contributed by atoms with E-state index >= 15 is 0 Å². The average Bonchev–Trinajstić information content (AvgIpc) is 2.88. The minimum atomic E-state index is -0.537. The van der Waals surface area contributed by atoms with Crippen molar-refractivity contribution in [1.29, 1.82) is 0 Å². The summed E-state index contributed by atoms with van der Waals surface area (Å²) in [5.41, 5.74) is 1.85. The number of hydrogen-bond donors (Lipinski definition) is 1. The van der Waals surface area contributed by atoms with Crippen molar-refractivity contribution >= 4 is 29.4 Å². The highest BCUT2D eigenvalue weighted by atomic mass is 16.5. The summed E-state index contributed by atoms with van der Waals surface area (Å²) in [7, 11) is 1.27. The first-order chi connectivity index (χ1) is 12.4. The normalized spacial score (nSPS) is 12.8. The van der Waals surface area contributed by atoms with Crippen LogP contribution in [-0.2, 0) is 9.53 Å². The second kappa shape index (κ2) is 6.79. The molecule has 26 heavy (non-hydrogen) atoms. The van der Waals surface area contributed by atoms with Gasteiger partial charge in [0.15, 0.2) is 0 Å². The van der Waals surface area contributed by atoms with E-state index in [4.69, 9.17) is 4.74 Å². The third-order valence-electron chi connectivity index (χ3n) is 4.19. The topological polar surface area (TPSA) is 92.8 Å². The second-order valence-electron chi connectivity index (χ2n) is 5.76. The number of amides is 3. The summed E-state index contributed by atoms with van der Waals surface area (Å²) in [6, 6.07) is 11.2. The first-order valence-corrected chi connectivity index (χ1v) is 7.87. The van der Waals surface area contributed by atoms with Gasteiger partial charge in [-0.2, -0.15) is 0 Å². The fourth-order valence-electron chi connectivity index (χ4n) is 2.82. The molecule has 7 nitrogen and oxygen atoms in total. The van der Waals surface area contributed by atoms with Crippen molar-refractivity contribution in [2.45, 2.75) is 6.92 Å². The minimum absolute atomic E-state index is 0.286. The first-order valence-electron chi connectivity index (χ1n) is 7.87. The van der Waals surface area contributed by atoms with E-state index < -0.39 is 30.2 Å². The molecule has 0 atom stereocenters. The Morgan fingerprint density at radius 3 is 2.19 bits per heavy atom. The van der Waals surface area contributed by atoms with Crippen LogP contribution in [0, 0.1) is 6.92 Å². The molecule has 1 aliphatic heterocycles. The Morgan fingerprint density at radius 1 is 1.00 bits per heavy atom. The number of esters is 1. The molecular formula is C19H16N2O5. The maximum atomic E-state index is 12.3. The molecule has 0 aliphatic carbocycles. The van der Waals surface area contributed by atoms with Crippen LogP contribution >= 0.6 is 0 Å². The molecular weight excluding hydrogens is 336 g/mol. The third-order valence-corrected chi connectivity index (χ3v) is 4.19. The number of nitrogens with one attached hydrogen (secondary N) is 1. The van der Waals surface area contributed by atoms with E-state index in [9.17, 15) is 19.2 Å². The van der Waals surface area contributed by atoms with Gasteiger partial charge in [0.25, 0.3) is 11.8 Å². The SMILES string of the molecule is COC(=O)c1cccc(NC(=O)CN2C(=O)c3ccccc3C2=O)c1C. The van der Waals surface area contributed by atoms with Crippen molar-refractivity contribution < 1.29 is 23.9 Å². The van der Waals surface area contributed by atoms with E-state index in [1.54, 1.807) is 49.4 Å². The summed E-state index contributed by atoms with van der Waals surface area (Å²) in [4.78, 5) is 49.6. The van der Waals surface area contributed by atoms with E-state index in [1.807, 2.05) is 0 Å². The van der Waals surface area contributed by atoms with Crippen molar-refractivity contribution in [2.24, 2.45) is 0 Å². The fourth-order valence-corrected chi connectivity index (χ4v) is 2.82. The summed E-state index contributed by atoms with van der Waals surface area (Å²) >= 11 is 0. The Morgan fingerprint density at radius 2 is 1.62 bits per heavy atom. The number of imide groups is 1. The van der Waals surface area contributed by atoms with Crippen LogP contribution in [0.15, 0.2) is 42.5 Å². The van der Waals surface area contributed by atoms with Crippen LogP contribution in [0.5, 0.6) is 0 Å². The van der Waals surface area contributed by atoms with Crippen LogP contribution in [0.25, 0.3) is 0 Å². The number of benzene rings is 2. The number of nitrogens with zero attached hydrogens (tertiary/aromatic N) is 1. The number of methoxy groups -OCH3 is 1. The molecule has 0 fully saturated rings. The maximum absolute atomic E-state index is 12.3.